The van der Waals surface area contributed by atoms with Crippen molar-refractivity contribution >= 4 is 15.6 Å². The highest BCUT2D eigenvalue weighted by molar-refractivity contribution is 7.92. The number of ether oxygens (including phenoxy) is 2. The standard InChI is InChI=1S/C29H32O5S/c1-20-21(2)28-26(22(3)27(20)33-18-23-11-7-5-8-12-23)15-16-29(4,34-28)17-24(30)19-35(31,32)25-13-9-6-10-14-25/h5-14H,15-19H2,1-4H3/t29-/m0/s1. The third kappa shape index (κ3) is 5.43. The Labute approximate surface area is 208 Å². The van der Waals surface area contributed by atoms with Crippen molar-refractivity contribution in [2.45, 2.75) is 64.1 Å². The van der Waals surface area contributed by atoms with Crippen molar-refractivity contribution in [3.8, 4) is 11.5 Å². The Morgan fingerprint density at radius 1 is 0.943 bits per heavy atom. The molecule has 0 unspecified atom stereocenters. The first-order chi connectivity index (χ1) is 16.6. The Hall–Kier alpha value is -3.12. The summed E-state index contributed by atoms with van der Waals surface area (Å²) in [5.74, 6) is 0.808. The molecule has 0 aromatic heterocycles. The monoisotopic (exact) mass is 492 g/mol. The van der Waals surface area contributed by atoms with E-state index in [1.807, 2.05) is 51.1 Å². The molecule has 0 amide bonds. The summed E-state index contributed by atoms with van der Waals surface area (Å²) in [5, 5.41) is 0. The number of carbonyl (C=O) groups excluding carboxylic acids is 1. The van der Waals surface area contributed by atoms with Gasteiger partial charge < -0.3 is 9.47 Å². The fraction of sp³-hybridized carbons (Fsp3) is 0.345. The van der Waals surface area contributed by atoms with E-state index in [0.29, 0.717) is 13.0 Å². The van der Waals surface area contributed by atoms with Gasteiger partial charge in [-0.05, 0) is 74.9 Å². The van der Waals surface area contributed by atoms with Gasteiger partial charge in [-0.1, -0.05) is 48.5 Å². The molecule has 184 valence electrons. The van der Waals surface area contributed by atoms with Crippen LogP contribution in [0.2, 0.25) is 0 Å². The van der Waals surface area contributed by atoms with Crippen molar-refractivity contribution in [2.75, 3.05) is 5.75 Å². The Bertz CT molecular complexity index is 1330. The summed E-state index contributed by atoms with van der Waals surface area (Å²) in [4.78, 5) is 13.0. The zero-order valence-corrected chi connectivity index (χ0v) is 21.6. The van der Waals surface area contributed by atoms with Crippen molar-refractivity contribution in [2.24, 2.45) is 0 Å². The SMILES string of the molecule is Cc1c(C)c2c(c(C)c1OCc1ccccc1)CC[C@@](C)(CC(=O)CS(=O)(=O)c1ccccc1)O2. The molecule has 1 aliphatic heterocycles. The zero-order valence-electron chi connectivity index (χ0n) is 20.8. The van der Waals surface area contributed by atoms with Gasteiger partial charge in [0.1, 0.15) is 29.5 Å². The summed E-state index contributed by atoms with van der Waals surface area (Å²) in [7, 11) is -3.68. The van der Waals surface area contributed by atoms with Gasteiger partial charge in [-0.15, -0.1) is 0 Å². The van der Waals surface area contributed by atoms with Crippen LogP contribution in [0.25, 0.3) is 0 Å². The Morgan fingerprint density at radius 3 is 2.23 bits per heavy atom. The number of sulfone groups is 1. The van der Waals surface area contributed by atoms with Crippen LogP contribution in [-0.4, -0.2) is 25.6 Å². The highest BCUT2D eigenvalue weighted by atomic mass is 32.2. The van der Waals surface area contributed by atoms with Crippen molar-refractivity contribution in [1.82, 2.24) is 0 Å². The van der Waals surface area contributed by atoms with Gasteiger partial charge in [0.25, 0.3) is 0 Å². The molecule has 0 spiro atoms. The van der Waals surface area contributed by atoms with Crippen molar-refractivity contribution in [3.63, 3.8) is 0 Å². The predicted molar refractivity (Wildman–Crippen MR) is 137 cm³/mol. The zero-order chi connectivity index (χ0) is 25.2. The molecular weight excluding hydrogens is 460 g/mol. The normalized spacial score (nSPS) is 17.4. The molecule has 3 aromatic rings. The number of ketones is 1. The first-order valence-corrected chi connectivity index (χ1v) is 13.5. The molecule has 1 heterocycles. The van der Waals surface area contributed by atoms with E-state index in [-0.39, 0.29) is 17.1 Å². The van der Waals surface area contributed by atoms with Gasteiger partial charge >= 0.3 is 0 Å². The van der Waals surface area contributed by atoms with E-state index in [2.05, 4.69) is 6.92 Å². The van der Waals surface area contributed by atoms with Crippen molar-refractivity contribution < 1.29 is 22.7 Å². The molecule has 0 saturated carbocycles. The number of benzene rings is 3. The largest absolute Gasteiger partial charge is 0.488 e. The van der Waals surface area contributed by atoms with E-state index < -0.39 is 21.2 Å². The maximum absolute atomic E-state index is 12.8. The first-order valence-electron chi connectivity index (χ1n) is 11.9. The summed E-state index contributed by atoms with van der Waals surface area (Å²) in [6.45, 7) is 8.47. The van der Waals surface area contributed by atoms with Crippen molar-refractivity contribution in [3.05, 3.63) is 88.5 Å². The van der Waals surface area contributed by atoms with Crippen LogP contribution in [0.5, 0.6) is 11.5 Å². The third-order valence-electron chi connectivity index (χ3n) is 6.81. The van der Waals surface area contributed by atoms with Crippen LogP contribution in [0.15, 0.2) is 65.6 Å². The van der Waals surface area contributed by atoms with Gasteiger partial charge in [0.05, 0.1) is 4.90 Å². The number of Topliss-reactive ketones (excluding diaryl/α,β-unsaturated/α-hetero) is 1. The number of fused-ring (bicyclic) bond motifs is 1. The molecule has 0 N–H and O–H groups in total. The second-order valence-electron chi connectivity index (χ2n) is 9.63. The minimum absolute atomic E-state index is 0.0439. The maximum Gasteiger partial charge on any atom is 0.185 e. The highest BCUT2D eigenvalue weighted by Crippen LogP contribution is 2.44. The average Bonchev–Trinajstić information content (AvgIpc) is 2.83. The summed E-state index contributed by atoms with van der Waals surface area (Å²) in [6, 6.07) is 18.2. The molecule has 35 heavy (non-hydrogen) atoms. The first kappa shape index (κ1) is 25.0. The fourth-order valence-electron chi connectivity index (χ4n) is 4.74. The minimum Gasteiger partial charge on any atom is -0.488 e. The van der Waals surface area contributed by atoms with Crippen molar-refractivity contribution in [1.29, 1.82) is 0 Å². The van der Waals surface area contributed by atoms with Gasteiger partial charge in [0.2, 0.25) is 0 Å². The molecule has 1 atom stereocenters. The molecule has 3 aromatic carbocycles. The molecular formula is C29H32O5S. The Kier molecular flexibility index (Phi) is 7.04. The van der Waals surface area contributed by atoms with Gasteiger partial charge in [-0.3, -0.25) is 4.79 Å². The quantitative estimate of drug-likeness (QED) is 0.403. The molecule has 0 aliphatic carbocycles. The lowest BCUT2D eigenvalue weighted by molar-refractivity contribution is -0.120. The topological polar surface area (TPSA) is 69.7 Å². The summed E-state index contributed by atoms with van der Waals surface area (Å²) >= 11 is 0. The smallest absolute Gasteiger partial charge is 0.185 e. The molecule has 6 heteroatoms. The van der Waals surface area contributed by atoms with E-state index in [1.165, 1.54) is 12.1 Å². The molecule has 0 fully saturated rings. The molecule has 5 nitrogen and oxygen atoms in total. The van der Waals surface area contributed by atoms with Crippen LogP contribution < -0.4 is 9.47 Å². The lowest BCUT2D eigenvalue weighted by Crippen LogP contribution is -2.40. The number of hydrogen-bond donors (Lipinski definition) is 0. The van der Waals surface area contributed by atoms with Gasteiger partial charge in [-0.2, -0.15) is 0 Å². The van der Waals surface area contributed by atoms with E-state index in [1.54, 1.807) is 18.2 Å². The number of carbonyl (C=O) groups is 1. The van der Waals surface area contributed by atoms with Gasteiger partial charge in [0.15, 0.2) is 15.6 Å². The molecule has 1 aliphatic rings. The molecule has 0 saturated heterocycles. The second kappa shape index (κ2) is 9.86. The Morgan fingerprint density at radius 2 is 1.57 bits per heavy atom. The summed E-state index contributed by atoms with van der Waals surface area (Å²) in [6.07, 6.45) is 1.40. The van der Waals surface area contributed by atoms with E-state index in [9.17, 15) is 13.2 Å². The van der Waals surface area contributed by atoms with Crippen LogP contribution in [0.1, 0.15) is 47.6 Å². The lowest BCUT2D eigenvalue weighted by atomic mass is 9.85. The van der Waals surface area contributed by atoms with Crippen LogP contribution in [0.4, 0.5) is 0 Å². The van der Waals surface area contributed by atoms with Gasteiger partial charge in [-0.25, -0.2) is 8.42 Å². The predicted octanol–water partition coefficient (Wildman–Crippen LogP) is 5.71. The van der Waals surface area contributed by atoms with Crippen LogP contribution in [0, 0.1) is 20.8 Å². The van der Waals surface area contributed by atoms with Gasteiger partial charge in [0, 0.05) is 12.0 Å². The second-order valence-corrected chi connectivity index (χ2v) is 11.6. The number of hydrogen-bond acceptors (Lipinski definition) is 5. The summed E-state index contributed by atoms with van der Waals surface area (Å²) in [5.41, 5.74) is 4.50. The van der Waals surface area contributed by atoms with Crippen LogP contribution >= 0.6 is 0 Å². The maximum atomic E-state index is 12.8. The number of rotatable bonds is 8. The van der Waals surface area contributed by atoms with E-state index in [0.717, 1.165) is 45.7 Å². The lowest BCUT2D eigenvalue weighted by Gasteiger charge is -2.38. The van der Waals surface area contributed by atoms with Crippen LogP contribution in [0.3, 0.4) is 0 Å². The molecule has 0 radical (unpaired) electrons. The van der Waals surface area contributed by atoms with Crippen LogP contribution in [-0.2, 0) is 27.7 Å². The average molecular weight is 493 g/mol. The minimum atomic E-state index is -3.68. The van der Waals surface area contributed by atoms with E-state index in [4.69, 9.17) is 9.47 Å². The fourth-order valence-corrected chi connectivity index (χ4v) is 6.01. The summed E-state index contributed by atoms with van der Waals surface area (Å²) < 4.78 is 38.0. The van der Waals surface area contributed by atoms with E-state index >= 15 is 0 Å². The highest BCUT2D eigenvalue weighted by Gasteiger charge is 2.37. The third-order valence-corrected chi connectivity index (χ3v) is 8.51. The Balaban J connectivity index is 1.51. The molecule has 4 rings (SSSR count). The molecule has 0 bridgehead atoms.